The molecule has 0 radical (unpaired) electrons. The van der Waals surface area contributed by atoms with Crippen molar-refractivity contribution >= 4 is 0 Å². The van der Waals surface area contributed by atoms with Crippen molar-refractivity contribution in [3.8, 4) is 0 Å². The van der Waals surface area contributed by atoms with E-state index in [-0.39, 0.29) is 0 Å². The topological polar surface area (TPSA) is 24.9 Å². The van der Waals surface area contributed by atoms with E-state index in [1.807, 2.05) is 25.4 Å². The Morgan fingerprint density at radius 2 is 2.54 bits per heavy atom. The lowest BCUT2D eigenvalue weighted by Gasteiger charge is -2.14. The highest BCUT2D eigenvalue weighted by Crippen LogP contribution is 2.16. The Labute approximate surface area is 79.7 Å². The quantitative estimate of drug-likeness (QED) is 0.696. The van der Waals surface area contributed by atoms with Crippen LogP contribution in [-0.2, 0) is 0 Å². The van der Waals surface area contributed by atoms with E-state index >= 15 is 0 Å². The monoisotopic (exact) mass is 176 g/mol. The number of hydrogen-bond donors (Lipinski definition) is 1. The minimum Gasteiger partial charge on any atom is -0.313 e. The van der Waals surface area contributed by atoms with Crippen LogP contribution >= 0.6 is 0 Å². The second-order valence-electron chi connectivity index (χ2n) is 2.99. The molecule has 0 fully saturated rings. The summed E-state index contributed by atoms with van der Waals surface area (Å²) >= 11 is 0. The number of nitrogens with one attached hydrogen (secondary N) is 1. The van der Waals surface area contributed by atoms with Crippen LogP contribution in [0.15, 0.2) is 37.2 Å². The lowest BCUT2D eigenvalue weighted by molar-refractivity contribution is 0.553. The molecule has 0 aromatic carbocycles. The van der Waals surface area contributed by atoms with Gasteiger partial charge in [0, 0.05) is 18.4 Å². The second kappa shape index (κ2) is 5.49. The summed E-state index contributed by atoms with van der Waals surface area (Å²) in [5.41, 5.74) is 1.24. The first-order valence-corrected chi connectivity index (χ1v) is 4.56. The highest BCUT2D eigenvalue weighted by molar-refractivity contribution is 5.13. The molecule has 0 aliphatic carbocycles. The molecule has 2 heteroatoms. The van der Waals surface area contributed by atoms with Gasteiger partial charge in [0.15, 0.2) is 0 Å². The first-order chi connectivity index (χ1) is 6.38. The van der Waals surface area contributed by atoms with E-state index in [1.54, 1.807) is 6.20 Å². The Balaban J connectivity index is 2.61. The van der Waals surface area contributed by atoms with Gasteiger partial charge in [0.2, 0.25) is 0 Å². The van der Waals surface area contributed by atoms with E-state index in [0.717, 1.165) is 12.8 Å². The average Bonchev–Trinajstić information content (AvgIpc) is 2.21. The summed E-state index contributed by atoms with van der Waals surface area (Å²) < 4.78 is 0. The minimum atomic E-state index is 0.395. The largest absolute Gasteiger partial charge is 0.313 e. The molecule has 1 atom stereocenters. The third-order valence-electron chi connectivity index (χ3n) is 2.09. The fourth-order valence-corrected chi connectivity index (χ4v) is 1.34. The first-order valence-electron chi connectivity index (χ1n) is 4.56. The number of pyridine rings is 1. The molecule has 0 bridgehead atoms. The molecule has 0 spiro atoms. The van der Waals surface area contributed by atoms with Crippen LogP contribution in [0.1, 0.15) is 24.4 Å². The molecule has 1 unspecified atom stereocenters. The number of rotatable bonds is 5. The minimum absolute atomic E-state index is 0.395. The van der Waals surface area contributed by atoms with Crippen LogP contribution in [0, 0.1) is 0 Å². The van der Waals surface area contributed by atoms with Crippen molar-refractivity contribution in [1.82, 2.24) is 10.3 Å². The van der Waals surface area contributed by atoms with Gasteiger partial charge in [0.25, 0.3) is 0 Å². The predicted molar refractivity (Wildman–Crippen MR) is 55.5 cm³/mol. The third kappa shape index (κ3) is 2.99. The van der Waals surface area contributed by atoms with Gasteiger partial charge in [0.1, 0.15) is 0 Å². The Kier molecular flexibility index (Phi) is 4.19. The van der Waals surface area contributed by atoms with Crippen molar-refractivity contribution in [3.05, 3.63) is 42.7 Å². The number of aromatic nitrogens is 1. The molecular formula is C11H16N2. The molecule has 1 heterocycles. The maximum atomic E-state index is 4.10. The van der Waals surface area contributed by atoms with Crippen molar-refractivity contribution in [2.75, 3.05) is 7.05 Å². The van der Waals surface area contributed by atoms with Gasteiger partial charge in [-0.1, -0.05) is 12.1 Å². The number of hydrogen-bond acceptors (Lipinski definition) is 2. The molecule has 0 aliphatic rings. The molecule has 0 amide bonds. The van der Waals surface area contributed by atoms with Crippen LogP contribution in [-0.4, -0.2) is 12.0 Å². The molecule has 1 aromatic heterocycles. The summed E-state index contributed by atoms with van der Waals surface area (Å²) in [6.45, 7) is 3.72. The van der Waals surface area contributed by atoms with Crippen LogP contribution in [0.5, 0.6) is 0 Å². The van der Waals surface area contributed by atoms with Gasteiger partial charge in [-0.05, 0) is 31.5 Å². The van der Waals surface area contributed by atoms with E-state index < -0.39 is 0 Å². The molecule has 13 heavy (non-hydrogen) atoms. The van der Waals surface area contributed by atoms with Crippen molar-refractivity contribution < 1.29 is 0 Å². The summed E-state index contributed by atoms with van der Waals surface area (Å²) in [7, 11) is 1.97. The van der Waals surface area contributed by atoms with E-state index in [0.29, 0.717) is 6.04 Å². The zero-order chi connectivity index (χ0) is 9.52. The van der Waals surface area contributed by atoms with Gasteiger partial charge in [-0.3, -0.25) is 4.98 Å². The van der Waals surface area contributed by atoms with E-state index in [4.69, 9.17) is 0 Å². The van der Waals surface area contributed by atoms with Crippen LogP contribution in [0.4, 0.5) is 0 Å². The van der Waals surface area contributed by atoms with Crippen LogP contribution in [0.25, 0.3) is 0 Å². The smallest absolute Gasteiger partial charge is 0.0335 e. The lowest BCUT2D eigenvalue weighted by atomic mass is 10.0. The SMILES string of the molecule is C=CCCC(NC)c1cccnc1. The lowest BCUT2D eigenvalue weighted by Crippen LogP contribution is -2.16. The molecule has 0 saturated heterocycles. The number of allylic oxidation sites excluding steroid dienone is 1. The van der Waals surface area contributed by atoms with Crippen molar-refractivity contribution in [2.24, 2.45) is 0 Å². The predicted octanol–water partition coefficient (Wildman–Crippen LogP) is 2.31. The van der Waals surface area contributed by atoms with E-state index in [9.17, 15) is 0 Å². The molecule has 1 rings (SSSR count). The molecule has 1 N–H and O–H groups in total. The molecule has 2 nitrogen and oxygen atoms in total. The standard InChI is InChI=1S/C11H16N2/c1-3-4-7-11(12-2)10-6-5-8-13-9-10/h3,5-6,8-9,11-12H,1,4,7H2,2H3. The fourth-order valence-electron chi connectivity index (χ4n) is 1.34. The zero-order valence-electron chi connectivity index (χ0n) is 8.03. The fraction of sp³-hybridized carbons (Fsp3) is 0.364. The maximum absolute atomic E-state index is 4.10. The molecule has 0 saturated carbocycles. The van der Waals surface area contributed by atoms with Gasteiger partial charge < -0.3 is 5.32 Å². The summed E-state index contributed by atoms with van der Waals surface area (Å²) in [6.07, 6.45) is 7.75. The van der Waals surface area contributed by atoms with E-state index in [1.165, 1.54) is 5.56 Å². The van der Waals surface area contributed by atoms with Gasteiger partial charge in [-0.25, -0.2) is 0 Å². The highest BCUT2D eigenvalue weighted by atomic mass is 14.9. The average molecular weight is 176 g/mol. The number of nitrogens with zero attached hydrogens (tertiary/aromatic N) is 1. The third-order valence-corrected chi connectivity index (χ3v) is 2.09. The molecule has 70 valence electrons. The Bertz CT molecular complexity index is 244. The Morgan fingerprint density at radius 3 is 3.08 bits per heavy atom. The molecule has 0 aliphatic heterocycles. The summed E-state index contributed by atoms with van der Waals surface area (Å²) in [6, 6.07) is 4.46. The van der Waals surface area contributed by atoms with Crippen molar-refractivity contribution in [2.45, 2.75) is 18.9 Å². The highest BCUT2D eigenvalue weighted by Gasteiger charge is 2.06. The molecule has 1 aromatic rings. The van der Waals surface area contributed by atoms with E-state index in [2.05, 4.69) is 22.9 Å². The first kappa shape index (κ1) is 9.93. The molecular weight excluding hydrogens is 160 g/mol. The van der Waals surface area contributed by atoms with Crippen LogP contribution in [0.3, 0.4) is 0 Å². The van der Waals surface area contributed by atoms with Crippen LogP contribution in [0.2, 0.25) is 0 Å². The maximum Gasteiger partial charge on any atom is 0.0335 e. The normalized spacial score (nSPS) is 12.4. The van der Waals surface area contributed by atoms with Gasteiger partial charge in [-0.15, -0.1) is 6.58 Å². The Hall–Kier alpha value is -1.15. The Morgan fingerprint density at radius 1 is 1.69 bits per heavy atom. The van der Waals surface area contributed by atoms with Gasteiger partial charge in [-0.2, -0.15) is 0 Å². The zero-order valence-corrected chi connectivity index (χ0v) is 8.03. The summed E-state index contributed by atoms with van der Waals surface area (Å²) in [5.74, 6) is 0. The summed E-state index contributed by atoms with van der Waals surface area (Å²) in [4.78, 5) is 4.10. The van der Waals surface area contributed by atoms with Gasteiger partial charge >= 0.3 is 0 Å². The summed E-state index contributed by atoms with van der Waals surface area (Å²) in [5, 5.41) is 3.27. The van der Waals surface area contributed by atoms with Crippen molar-refractivity contribution in [1.29, 1.82) is 0 Å². The van der Waals surface area contributed by atoms with Gasteiger partial charge in [0.05, 0.1) is 0 Å². The van der Waals surface area contributed by atoms with Crippen molar-refractivity contribution in [3.63, 3.8) is 0 Å². The second-order valence-corrected chi connectivity index (χ2v) is 2.99. The van der Waals surface area contributed by atoms with Crippen LogP contribution < -0.4 is 5.32 Å².